The van der Waals surface area contributed by atoms with Gasteiger partial charge in [-0.3, -0.25) is 4.98 Å². The van der Waals surface area contributed by atoms with Gasteiger partial charge >= 0.3 is 0 Å². The van der Waals surface area contributed by atoms with Crippen LogP contribution in [-0.2, 0) is 6.42 Å². The van der Waals surface area contributed by atoms with Crippen LogP contribution in [0.3, 0.4) is 0 Å². The first-order chi connectivity index (χ1) is 13.2. The summed E-state index contributed by atoms with van der Waals surface area (Å²) in [6.45, 7) is 9.34. The van der Waals surface area contributed by atoms with Gasteiger partial charge in [0.15, 0.2) is 0 Å². The lowest BCUT2D eigenvalue weighted by atomic mass is 10.0. The van der Waals surface area contributed by atoms with Crippen molar-refractivity contribution in [1.29, 1.82) is 0 Å². The molecule has 0 aliphatic rings. The second-order valence-electron chi connectivity index (χ2n) is 7.77. The molecule has 0 N–H and O–H groups in total. The van der Waals surface area contributed by atoms with E-state index in [9.17, 15) is 0 Å². The van der Waals surface area contributed by atoms with Gasteiger partial charge in [0.25, 0.3) is 0 Å². The molecule has 0 bridgehead atoms. The normalized spacial score (nSPS) is 11.1. The third-order valence-electron chi connectivity index (χ3n) is 5.45. The molecule has 0 aliphatic heterocycles. The Kier molecular flexibility index (Phi) is 9.38. The summed E-state index contributed by atoms with van der Waals surface area (Å²) < 4.78 is 0. The molecule has 0 aliphatic carbocycles. The summed E-state index contributed by atoms with van der Waals surface area (Å²) in [5.74, 6) is 0. The van der Waals surface area contributed by atoms with E-state index in [-0.39, 0.29) is 0 Å². The Morgan fingerprint density at radius 2 is 1.67 bits per heavy atom. The molecule has 0 saturated heterocycles. The van der Waals surface area contributed by atoms with Gasteiger partial charge in [-0.1, -0.05) is 69.7 Å². The minimum absolute atomic E-state index is 1.11. The van der Waals surface area contributed by atoms with Crippen LogP contribution >= 0.6 is 0 Å². The molecule has 0 spiro atoms. The van der Waals surface area contributed by atoms with E-state index in [0.717, 1.165) is 24.9 Å². The van der Waals surface area contributed by atoms with Gasteiger partial charge in [-0.15, -0.1) is 6.58 Å². The first kappa shape index (κ1) is 21.5. The van der Waals surface area contributed by atoms with Crippen molar-refractivity contribution in [1.82, 2.24) is 4.98 Å². The largest absolute Gasteiger partial charge is 0.374 e. The van der Waals surface area contributed by atoms with Crippen molar-refractivity contribution in [3.8, 4) is 0 Å². The van der Waals surface area contributed by atoms with Crippen LogP contribution < -0.4 is 4.90 Å². The Balaban J connectivity index is 1.93. The maximum Gasteiger partial charge on any atom is 0.0726 e. The first-order valence-electron chi connectivity index (χ1n) is 10.9. The standard InChI is InChI=1S/C25H38N2/c1-5-7-8-9-10-11-12-13-16-20-27(4)25-22(17-6-2)21(3)26-24-19-15-14-18-23(24)25/h5,14-15,18-19H,1,6-13,16-17,20H2,2-4H3. The van der Waals surface area contributed by atoms with Gasteiger partial charge in [0.05, 0.1) is 11.2 Å². The summed E-state index contributed by atoms with van der Waals surface area (Å²) in [6, 6.07) is 8.60. The number of para-hydroxylation sites is 1. The average Bonchev–Trinajstić information content (AvgIpc) is 2.67. The monoisotopic (exact) mass is 366 g/mol. The number of fused-ring (bicyclic) bond motifs is 1. The Hall–Kier alpha value is -1.83. The molecule has 0 radical (unpaired) electrons. The van der Waals surface area contributed by atoms with Gasteiger partial charge in [0, 0.05) is 24.7 Å². The van der Waals surface area contributed by atoms with E-state index in [4.69, 9.17) is 4.98 Å². The zero-order valence-corrected chi connectivity index (χ0v) is 17.8. The van der Waals surface area contributed by atoms with E-state index in [0.29, 0.717) is 0 Å². The Labute approximate surface area is 166 Å². The summed E-state index contributed by atoms with van der Waals surface area (Å²) >= 11 is 0. The third-order valence-corrected chi connectivity index (χ3v) is 5.45. The van der Waals surface area contributed by atoms with Crippen LogP contribution in [0.25, 0.3) is 10.9 Å². The summed E-state index contributed by atoms with van der Waals surface area (Å²) in [4.78, 5) is 7.33. The van der Waals surface area contributed by atoms with Crippen LogP contribution in [0.5, 0.6) is 0 Å². The zero-order valence-electron chi connectivity index (χ0n) is 17.8. The van der Waals surface area contributed by atoms with Gasteiger partial charge in [-0.2, -0.15) is 0 Å². The number of benzene rings is 1. The molecule has 0 saturated carbocycles. The van der Waals surface area contributed by atoms with Crippen LogP contribution in [0.1, 0.15) is 76.0 Å². The molecule has 1 aromatic heterocycles. The smallest absolute Gasteiger partial charge is 0.0726 e. The van der Waals surface area contributed by atoms with Crippen molar-refractivity contribution in [2.45, 2.75) is 78.1 Å². The molecular formula is C25H38N2. The molecule has 0 atom stereocenters. The predicted molar refractivity (Wildman–Crippen MR) is 121 cm³/mol. The fourth-order valence-corrected chi connectivity index (χ4v) is 3.97. The van der Waals surface area contributed by atoms with Crippen molar-refractivity contribution in [3.05, 3.63) is 48.2 Å². The molecule has 2 rings (SSSR count). The molecule has 2 nitrogen and oxygen atoms in total. The molecule has 0 unspecified atom stereocenters. The maximum absolute atomic E-state index is 4.86. The van der Waals surface area contributed by atoms with Crippen molar-refractivity contribution >= 4 is 16.6 Å². The topological polar surface area (TPSA) is 16.1 Å². The number of unbranched alkanes of at least 4 members (excludes halogenated alkanes) is 7. The Morgan fingerprint density at radius 3 is 2.37 bits per heavy atom. The maximum atomic E-state index is 4.86. The molecule has 0 amide bonds. The molecule has 1 heterocycles. The number of pyridine rings is 1. The minimum Gasteiger partial charge on any atom is -0.374 e. The fraction of sp³-hybridized carbons (Fsp3) is 0.560. The molecule has 0 fully saturated rings. The molecule has 2 heteroatoms. The number of rotatable bonds is 13. The highest BCUT2D eigenvalue weighted by molar-refractivity contribution is 5.93. The first-order valence-corrected chi connectivity index (χ1v) is 10.9. The van der Waals surface area contributed by atoms with Crippen LogP contribution in [0.2, 0.25) is 0 Å². The number of hydrogen-bond donors (Lipinski definition) is 0. The Bertz CT molecular complexity index is 705. The number of allylic oxidation sites excluding steroid dienone is 1. The van der Waals surface area contributed by atoms with Crippen LogP contribution in [-0.4, -0.2) is 18.6 Å². The summed E-state index contributed by atoms with van der Waals surface area (Å²) in [5.41, 5.74) is 5.15. The number of anilines is 1. The van der Waals surface area contributed by atoms with Gasteiger partial charge in [-0.25, -0.2) is 0 Å². The lowest BCUT2D eigenvalue weighted by Crippen LogP contribution is -2.21. The minimum atomic E-state index is 1.11. The van der Waals surface area contributed by atoms with E-state index in [2.05, 4.69) is 56.6 Å². The number of aromatic nitrogens is 1. The van der Waals surface area contributed by atoms with E-state index in [1.54, 1.807) is 0 Å². The predicted octanol–water partition coefficient (Wildman–Crippen LogP) is 7.24. The van der Waals surface area contributed by atoms with Gasteiger partial charge < -0.3 is 4.90 Å². The highest BCUT2D eigenvalue weighted by Gasteiger charge is 2.15. The highest BCUT2D eigenvalue weighted by Crippen LogP contribution is 2.32. The van der Waals surface area contributed by atoms with Crippen molar-refractivity contribution < 1.29 is 0 Å². The quantitative estimate of drug-likeness (QED) is 0.274. The van der Waals surface area contributed by atoms with E-state index in [1.165, 1.54) is 73.7 Å². The summed E-state index contributed by atoms with van der Waals surface area (Å²) in [5, 5.41) is 1.30. The van der Waals surface area contributed by atoms with Crippen molar-refractivity contribution in [2.75, 3.05) is 18.5 Å². The average molecular weight is 367 g/mol. The summed E-state index contributed by atoms with van der Waals surface area (Å²) in [6.07, 6.45) is 14.8. The van der Waals surface area contributed by atoms with Crippen molar-refractivity contribution in [3.63, 3.8) is 0 Å². The SMILES string of the molecule is C=CCCCCCCCCCN(C)c1c(CCC)c(C)nc2ccccc12. The van der Waals surface area contributed by atoms with Crippen LogP contribution in [0.4, 0.5) is 5.69 Å². The zero-order chi connectivity index (χ0) is 19.5. The Morgan fingerprint density at radius 1 is 1.00 bits per heavy atom. The molecule has 148 valence electrons. The van der Waals surface area contributed by atoms with Crippen LogP contribution in [0.15, 0.2) is 36.9 Å². The lowest BCUT2D eigenvalue weighted by molar-refractivity contribution is 0.581. The molecular weight excluding hydrogens is 328 g/mol. The van der Waals surface area contributed by atoms with E-state index >= 15 is 0 Å². The number of aryl methyl sites for hydroxylation is 1. The molecule has 27 heavy (non-hydrogen) atoms. The number of nitrogens with zero attached hydrogens (tertiary/aromatic N) is 2. The number of hydrogen-bond acceptors (Lipinski definition) is 2. The fourth-order valence-electron chi connectivity index (χ4n) is 3.97. The molecule has 2 aromatic rings. The van der Waals surface area contributed by atoms with Gasteiger partial charge in [-0.05, 0) is 44.2 Å². The highest BCUT2D eigenvalue weighted by atomic mass is 15.1. The molecule has 1 aromatic carbocycles. The van der Waals surface area contributed by atoms with E-state index in [1.807, 2.05) is 6.08 Å². The summed E-state index contributed by atoms with van der Waals surface area (Å²) in [7, 11) is 2.26. The van der Waals surface area contributed by atoms with Gasteiger partial charge in [0.2, 0.25) is 0 Å². The van der Waals surface area contributed by atoms with Crippen molar-refractivity contribution in [2.24, 2.45) is 0 Å². The lowest BCUT2D eigenvalue weighted by Gasteiger charge is -2.25. The third kappa shape index (κ3) is 6.37. The second kappa shape index (κ2) is 11.8. The second-order valence-corrected chi connectivity index (χ2v) is 7.77. The van der Waals surface area contributed by atoms with Gasteiger partial charge in [0.1, 0.15) is 0 Å². The van der Waals surface area contributed by atoms with Crippen LogP contribution in [0, 0.1) is 6.92 Å². The van der Waals surface area contributed by atoms with E-state index < -0.39 is 0 Å².